The fraction of sp³-hybridized carbons (Fsp3) is 0.379. The Morgan fingerprint density at radius 2 is 1.69 bits per heavy atom. The van der Waals surface area contributed by atoms with E-state index in [1.54, 1.807) is 36.9 Å². The third kappa shape index (κ3) is 5.16. The summed E-state index contributed by atoms with van der Waals surface area (Å²) in [6.45, 7) is 10.3. The molecule has 0 saturated carbocycles. The fourth-order valence-corrected chi connectivity index (χ4v) is 4.75. The monoisotopic (exact) mass is 485 g/mol. The van der Waals surface area contributed by atoms with Crippen LogP contribution in [0.3, 0.4) is 0 Å². The zero-order valence-corrected chi connectivity index (χ0v) is 21.9. The molecule has 36 heavy (non-hydrogen) atoms. The van der Waals surface area contributed by atoms with Crippen LogP contribution in [0.2, 0.25) is 0 Å². The average Bonchev–Trinajstić information content (AvgIpc) is 2.93. The lowest BCUT2D eigenvalue weighted by molar-refractivity contribution is -0.137. The van der Waals surface area contributed by atoms with Crippen molar-refractivity contribution in [2.24, 2.45) is 5.41 Å². The van der Waals surface area contributed by atoms with E-state index in [1.807, 2.05) is 43.7 Å². The molecule has 188 valence electrons. The van der Waals surface area contributed by atoms with Crippen molar-refractivity contribution in [2.75, 3.05) is 29.9 Å². The predicted octanol–water partition coefficient (Wildman–Crippen LogP) is 4.39. The molecule has 0 radical (unpaired) electrons. The first kappa shape index (κ1) is 25.5. The third-order valence-electron chi connectivity index (χ3n) is 7.01. The second kappa shape index (κ2) is 10.6. The van der Waals surface area contributed by atoms with E-state index in [2.05, 4.69) is 40.0 Å². The summed E-state index contributed by atoms with van der Waals surface area (Å²) in [7, 11) is 1.76. The summed E-state index contributed by atoms with van der Waals surface area (Å²) in [5.41, 5.74) is 5.11. The molecule has 0 saturated heterocycles. The van der Waals surface area contributed by atoms with Crippen LogP contribution in [0.5, 0.6) is 0 Å². The Hall–Kier alpha value is -3.58. The molecule has 3 heterocycles. The molecule has 0 fully saturated rings. The summed E-state index contributed by atoms with van der Waals surface area (Å²) in [4.78, 5) is 40.8. The van der Waals surface area contributed by atoms with Gasteiger partial charge in [0.1, 0.15) is 5.41 Å². The van der Waals surface area contributed by atoms with E-state index in [-0.39, 0.29) is 11.8 Å². The summed E-state index contributed by atoms with van der Waals surface area (Å²) >= 11 is 0. The molecule has 7 nitrogen and oxygen atoms in total. The topological polar surface area (TPSA) is 69.6 Å². The average molecular weight is 486 g/mol. The fourth-order valence-electron chi connectivity index (χ4n) is 4.75. The van der Waals surface area contributed by atoms with Crippen molar-refractivity contribution in [3.8, 4) is 0 Å². The van der Waals surface area contributed by atoms with Gasteiger partial charge in [0.25, 0.3) is 0 Å². The number of aryl methyl sites for hydroxylation is 1. The summed E-state index contributed by atoms with van der Waals surface area (Å²) in [6.07, 6.45) is 8.33. The van der Waals surface area contributed by atoms with Crippen LogP contribution in [0.15, 0.2) is 61.2 Å². The van der Waals surface area contributed by atoms with E-state index in [9.17, 15) is 9.59 Å². The van der Waals surface area contributed by atoms with Crippen molar-refractivity contribution in [1.29, 1.82) is 0 Å². The Morgan fingerprint density at radius 1 is 0.917 bits per heavy atom. The van der Waals surface area contributed by atoms with Gasteiger partial charge in [-0.05, 0) is 80.6 Å². The molecule has 1 aliphatic rings. The van der Waals surface area contributed by atoms with Crippen molar-refractivity contribution < 1.29 is 9.59 Å². The van der Waals surface area contributed by atoms with E-state index < -0.39 is 5.41 Å². The van der Waals surface area contributed by atoms with Crippen LogP contribution in [0, 0.1) is 12.3 Å². The van der Waals surface area contributed by atoms with Crippen LogP contribution in [0.25, 0.3) is 0 Å². The highest BCUT2D eigenvalue weighted by atomic mass is 16.2. The smallest absolute Gasteiger partial charge is 0.242 e. The molecule has 7 heteroatoms. The van der Waals surface area contributed by atoms with Gasteiger partial charge in [-0.3, -0.25) is 24.5 Å². The van der Waals surface area contributed by atoms with Gasteiger partial charge in [-0.15, -0.1) is 0 Å². The van der Waals surface area contributed by atoms with Gasteiger partial charge < -0.3 is 9.80 Å². The highest BCUT2D eigenvalue weighted by Gasteiger charge is 2.45. The number of anilines is 2. The molecule has 2 aromatic heterocycles. The summed E-state index contributed by atoms with van der Waals surface area (Å²) < 4.78 is 0. The van der Waals surface area contributed by atoms with Crippen molar-refractivity contribution in [2.45, 2.75) is 47.2 Å². The van der Waals surface area contributed by atoms with Gasteiger partial charge in [0, 0.05) is 58.0 Å². The molecule has 0 spiro atoms. The van der Waals surface area contributed by atoms with Crippen molar-refractivity contribution in [3.63, 3.8) is 0 Å². The number of carbonyl (C=O) groups excluding carboxylic acids is 2. The van der Waals surface area contributed by atoms with Crippen molar-refractivity contribution in [1.82, 2.24) is 14.9 Å². The highest BCUT2D eigenvalue weighted by molar-refractivity contribution is 6.19. The summed E-state index contributed by atoms with van der Waals surface area (Å²) in [6, 6.07) is 12.2. The Balaban J connectivity index is 1.64. The normalized spacial score (nSPS) is 15.3. The molecular formula is C29H35N5O2. The SMILES string of the molecule is CCN1C(=O)C(C)(C)C(=O)N(C)c2cc(CN(CCc3cccnc3)Cc3cnccc3C)ccc21. The maximum atomic E-state index is 13.2. The van der Waals surface area contributed by atoms with Crippen LogP contribution in [0.4, 0.5) is 11.4 Å². The first-order chi connectivity index (χ1) is 17.2. The molecule has 0 aliphatic carbocycles. The number of fused-ring (bicyclic) bond motifs is 1. The van der Waals surface area contributed by atoms with Gasteiger partial charge in [0.05, 0.1) is 11.4 Å². The minimum Gasteiger partial charge on any atom is -0.313 e. The number of carbonyl (C=O) groups is 2. The minimum atomic E-state index is -1.11. The minimum absolute atomic E-state index is 0.168. The van der Waals surface area contributed by atoms with E-state index in [1.165, 1.54) is 16.7 Å². The van der Waals surface area contributed by atoms with Crippen molar-refractivity contribution >= 4 is 23.2 Å². The molecule has 0 N–H and O–H groups in total. The van der Waals surface area contributed by atoms with Crippen LogP contribution < -0.4 is 9.80 Å². The molecule has 0 atom stereocenters. The zero-order chi connectivity index (χ0) is 25.9. The van der Waals surface area contributed by atoms with Gasteiger partial charge in [-0.2, -0.15) is 0 Å². The summed E-state index contributed by atoms with van der Waals surface area (Å²) in [5.74, 6) is -0.361. The lowest BCUT2D eigenvalue weighted by Gasteiger charge is -2.27. The van der Waals surface area contributed by atoms with Gasteiger partial charge in [0.2, 0.25) is 11.8 Å². The number of benzene rings is 1. The Bertz CT molecular complexity index is 1240. The lowest BCUT2D eigenvalue weighted by atomic mass is 9.90. The predicted molar refractivity (Wildman–Crippen MR) is 143 cm³/mol. The Kier molecular flexibility index (Phi) is 7.50. The molecular weight excluding hydrogens is 450 g/mol. The number of aromatic nitrogens is 2. The maximum absolute atomic E-state index is 13.2. The zero-order valence-electron chi connectivity index (χ0n) is 21.9. The largest absolute Gasteiger partial charge is 0.313 e. The molecule has 3 aromatic rings. The number of amides is 2. The number of nitrogens with zero attached hydrogens (tertiary/aromatic N) is 5. The molecule has 2 amide bonds. The molecule has 1 aromatic carbocycles. The first-order valence-electron chi connectivity index (χ1n) is 12.5. The summed E-state index contributed by atoms with van der Waals surface area (Å²) in [5, 5.41) is 0. The lowest BCUT2D eigenvalue weighted by Crippen LogP contribution is -2.47. The van der Waals surface area contributed by atoms with Gasteiger partial charge in [-0.1, -0.05) is 12.1 Å². The standard InChI is InChI=1S/C29H35N5O2/c1-6-34-25-10-9-23(16-26(25)32(5)27(35)29(3,4)28(34)36)19-33(15-12-22-8-7-13-30-17-22)20-24-18-31-14-11-21(24)2/h7-11,13-14,16-18H,6,12,15,19-20H2,1-5H3. The molecule has 0 bridgehead atoms. The van der Waals surface area contributed by atoms with Crippen LogP contribution in [0.1, 0.15) is 43.0 Å². The second-order valence-electron chi connectivity index (χ2n) is 9.99. The second-order valence-corrected chi connectivity index (χ2v) is 9.99. The quantitative estimate of drug-likeness (QED) is 0.443. The maximum Gasteiger partial charge on any atom is 0.242 e. The van der Waals surface area contributed by atoms with E-state index >= 15 is 0 Å². The number of hydrogen-bond acceptors (Lipinski definition) is 5. The molecule has 1 aliphatic heterocycles. The van der Waals surface area contributed by atoms with E-state index in [0.717, 1.165) is 36.4 Å². The Labute approximate surface area is 213 Å². The van der Waals surface area contributed by atoms with Crippen LogP contribution in [-0.2, 0) is 29.1 Å². The highest BCUT2D eigenvalue weighted by Crippen LogP contribution is 2.39. The number of pyridine rings is 2. The Morgan fingerprint density at radius 3 is 2.39 bits per heavy atom. The van der Waals surface area contributed by atoms with E-state index in [0.29, 0.717) is 13.1 Å². The molecule has 0 unspecified atom stereocenters. The number of hydrogen-bond donors (Lipinski definition) is 0. The molecule has 4 rings (SSSR count). The van der Waals surface area contributed by atoms with Crippen LogP contribution >= 0.6 is 0 Å². The number of rotatable bonds is 8. The van der Waals surface area contributed by atoms with Crippen LogP contribution in [-0.4, -0.2) is 46.8 Å². The van der Waals surface area contributed by atoms with Crippen molar-refractivity contribution in [3.05, 3.63) is 83.4 Å². The van der Waals surface area contributed by atoms with Gasteiger partial charge in [-0.25, -0.2) is 0 Å². The van der Waals surface area contributed by atoms with Gasteiger partial charge in [0.15, 0.2) is 0 Å². The first-order valence-corrected chi connectivity index (χ1v) is 12.5. The third-order valence-corrected chi connectivity index (χ3v) is 7.01. The van der Waals surface area contributed by atoms with Gasteiger partial charge >= 0.3 is 0 Å². The van der Waals surface area contributed by atoms with E-state index in [4.69, 9.17) is 0 Å².